The van der Waals surface area contributed by atoms with Crippen molar-refractivity contribution in [3.8, 4) is 22.9 Å². The molecule has 3 aromatic heterocycles. The van der Waals surface area contributed by atoms with Crippen LogP contribution < -0.4 is 0 Å². The van der Waals surface area contributed by atoms with Crippen LogP contribution in [-0.4, -0.2) is 19.5 Å². The summed E-state index contributed by atoms with van der Waals surface area (Å²) in [6.45, 7) is 1.90. The van der Waals surface area contributed by atoms with Crippen LogP contribution in [-0.2, 0) is 0 Å². The number of nitriles is 1. The van der Waals surface area contributed by atoms with Gasteiger partial charge in [0.05, 0.1) is 34.2 Å². The van der Waals surface area contributed by atoms with Gasteiger partial charge in [-0.15, -0.1) is 0 Å². The van der Waals surface area contributed by atoms with Gasteiger partial charge in [-0.25, -0.2) is 4.98 Å². The highest BCUT2D eigenvalue weighted by Crippen LogP contribution is 2.36. The van der Waals surface area contributed by atoms with Crippen molar-refractivity contribution in [2.24, 2.45) is 0 Å². The second-order valence-corrected chi connectivity index (χ2v) is 8.59. The number of halogens is 1. The lowest BCUT2D eigenvalue weighted by molar-refractivity contribution is 0.977. The molecule has 0 bridgehead atoms. The summed E-state index contributed by atoms with van der Waals surface area (Å²) >= 11 is 6.71. The van der Waals surface area contributed by atoms with E-state index in [4.69, 9.17) is 11.6 Å². The Labute approximate surface area is 194 Å². The number of hydrogen-bond donors (Lipinski definition) is 1. The zero-order valence-corrected chi connectivity index (χ0v) is 18.5. The number of aromatic nitrogens is 4. The minimum atomic E-state index is -0.148. The first-order chi connectivity index (χ1) is 16.1. The van der Waals surface area contributed by atoms with E-state index in [0.29, 0.717) is 5.02 Å². The Kier molecular flexibility index (Phi) is 4.42. The molecule has 3 heterocycles. The first-order valence-corrected chi connectivity index (χ1v) is 11.0. The predicted molar refractivity (Wildman–Crippen MR) is 133 cm³/mol. The molecular formula is C27H18ClN5. The van der Waals surface area contributed by atoms with E-state index < -0.39 is 0 Å². The molecule has 3 aromatic carbocycles. The Balaban J connectivity index is 1.56. The van der Waals surface area contributed by atoms with E-state index in [1.54, 1.807) is 6.20 Å². The van der Waals surface area contributed by atoms with E-state index in [9.17, 15) is 5.26 Å². The van der Waals surface area contributed by atoms with Gasteiger partial charge >= 0.3 is 0 Å². The highest BCUT2D eigenvalue weighted by Gasteiger charge is 2.14. The van der Waals surface area contributed by atoms with Crippen LogP contribution in [0.3, 0.4) is 0 Å². The molecule has 6 heteroatoms. The summed E-state index contributed by atoms with van der Waals surface area (Å²) < 4.78 is 2.06. The molecule has 158 valence electrons. The van der Waals surface area contributed by atoms with Gasteiger partial charge in [-0.1, -0.05) is 29.8 Å². The van der Waals surface area contributed by atoms with Crippen LogP contribution in [0.1, 0.15) is 18.4 Å². The monoisotopic (exact) mass is 447 g/mol. The number of H-pyrrole nitrogens is 1. The number of fused-ring (bicyclic) bond motifs is 4. The van der Waals surface area contributed by atoms with E-state index in [0.717, 1.165) is 55.2 Å². The molecule has 0 spiro atoms. The van der Waals surface area contributed by atoms with E-state index >= 15 is 0 Å². The summed E-state index contributed by atoms with van der Waals surface area (Å²) in [5.74, 6) is -0.148. The number of pyridine rings is 1. The molecule has 0 amide bonds. The fourth-order valence-corrected chi connectivity index (χ4v) is 4.62. The maximum Gasteiger partial charge on any atom is 0.108 e. The van der Waals surface area contributed by atoms with Gasteiger partial charge in [0.15, 0.2) is 0 Å². The molecule has 0 aliphatic carbocycles. The van der Waals surface area contributed by atoms with Crippen LogP contribution in [0.25, 0.3) is 49.7 Å². The molecular weight excluding hydrogens is 430 g/mol. The number of nitrogens with zero attached hydrogens (tertiary/aromatic N) is 4. The molecule has 0 fully saturated rings. The number of rotatable bonds is 3. The zero-order valence-electron chi connectivity index (χ0n) is 17.7. The Morgan fingerprint density at radius 2 is 1.85 bits per heavy atom. The summed E-state index contributed by atoms with van der Waals surface area (Å²) in [7, 11) is 0. The third-order valence-corrected chi connectivity index (χ3v) is 6.50. The number of nitrogens with one attached hydrogen (secondary N) is 1. The van der Waals surface area contributed by atoms with Crippen molar-refractivity contribution in [2.45, 2.75) is 12.8 Å². The summed E-state index contributed by atoms with van der Waals surface area (Å²) in [6.07, 6.45) is 5.53. The van der Waals surface area contributed by atoms with E-state index in [-0.39, 0.29) is 5.92 Å². The molecule has 0 aliphatic heterocycles. The fraction of sp³-hybridized carbons (Fsp3) is 0.0741. The zero-order chi connectivity index (χ0) is 22.5. The SMILES string of the molecule is CC(C#N)c1ccc(-n2cnc3cnc4cc(Cl)c(-c5ccc6[nH]ccc6c5)cc4c32)cc1. The Morgan fingerprint density at radius 3 is 2.67 bits per heavy atom. The minimum absolute atomic E-state index is 0.148. The first-order valence-electron chi connectivity index (χ1n) is 10.6. The maximum atomic E-state index is 9.20. The van der Waals surface area contributed by atoms with Crippen molar-refractivity contribution in [1.29, 1.82) is 5.26 Å². The molecule has 1 N–H and O–H groups in total. The van der Waals surface area contributed by atoms with Gasteiger partial charge in [0, 0.05) is 28.4 Å². The van der Waals surface area contributed by atoms with Crippen molar-refractivity contribution in [3.63, 3.8) is 0 Å². The standard InChI is InChI=1S/C27H18ClN5/c1-16(13-29)17-2-5-20(6-3-17)33-15-32-26-14-31-25-12-23(28)21(11-22(25)27(26)33)18-4-7-24-19(10-18)8-9-30-24/h2-12,14-16,30H,1H3. The Morgan fingerprint density at radius 1 is 1.00 bits per heavy atom. The number of hydrogen-bond acceptors (Lipinski definition) is 3. The van der Waals surface area contributed by atoms with Crippen LogP contribution in [0, 0.1) is 11.3 Å². The van der Waals surface area contributed by atoms with Crippen LogP contribution in [0.4, 0.5) is 0 Å². The molecule has 33 heavy (non-hydrogen) atoms. The van der Waals surface area contributed by atoms with Crippen molar-refractivity contribution in [2.75, 3.05) is 0 Å². The van der Waals surface area contributed by atoms with E-state index in [1.807, 2.05) is 49.8 Å². The molecule has 0 aliphatic rings. The second-order valence-electron chi connectivity index (χ2n) is 8.18. The second kappa shape index (κ2) is 7.47. The average Bonchev–Trinajstić information content (AvgIpc) is 3.50. The van der Waals surface area contributed by atoms with Crippen molar-refractivity contribution in [1.82, 2.24) is 19.5 Å². The molecule has 6 aromatic rings. The largest absolute Gasteiger partial charge is 0.361 e. The van der Waals surface area contributed by atoms with Crippen molar-refractivity contribution in [3.05, 3.63) is 90.0 Å². The van der Waals surface area contributed by atoms with Gasteiger partial charge in [-0.2, -0.15) is 5.26 Å². The molecule has 1 atom stereocenters. The molecule has 1 unspecified atom stereocenters. The smallest absolute Gasteiger partial charge is 0.108 e. The highest BCUT2D eigenvalue weighted by molar-refractivity contribution is 6.34. The van der Waals surface area contributed by atoms with Crippen molar-refractivity contribution >= 4 is 44.4 Å². The quantitative estimate of drug-likeness (QED) is 0.317. The molecule has 0 saturated heterocycles. The van der Waals surface area contributed by atoms with Gasteiger partial charge in [-0.05, 0) is 65.9 Å². The highest BCUT2D eigenvalue weighted by atomic mass is 35.5. The third-order valence-electron chi connectivity index (χ3n) is 6.19. The normalized spacial score (nSPS) is 12.4. The Bertz CT molecular complexity index is 1700. The topological polar surface area (TPSA) is 70.3 Å². The fourth-order valence-electron chi connectivity index (χ4n) is 4.35. The lowest BCUT2D eigenvalue weighted by Gasteiger charge is -2.11. The van der Waals surface area contributed by atoms with E-state index in [2.05, 4.69) is 55.9 Å². The van der Waals surface area contributed by atoms with Gasteiger partial charge < -0.3 is 4.98 Å². The molecule has 6 rings (SSSR count). The van der Waals surface area contributed by atoms with Gasteiger partial charge in [0.25, 0.3) is 0 Å². The number of imidazole rings is 1. The van der Waals surface area contributed by atoms with Crippen LogP contribution in [0.15, 0.2) is 79.4 Å². The number of benzene rings is 3. The lowest BCUT2D eigenvalue weighted by Crippen LogP contribution is -1.96. The van der Waals surface area contributed by atoms with E-state index in [1.165, 1.54) is 0 Å². The average molecular weight is 448 g/mol. The molecule has 0 radical (unpaired) electrons. The van der Waals surface area contributed by atoms with Crippen LogP contribution in [0.5, 0.6) is 0 Å². The lowest BCUT2D eigenvalue weighted by atomic mass is 10.0. The minimum Gasteiger partial charge on any atom is -0.361 e. The number of aromatic amines is 1. The summed E-state index contributed by atoms with van der Waals surface area (Å²) in [6, 6.07) is 22.7. The first kappa shape index (κ1) is 19.5. The molecule has 0 saturated carbocycles. The van der Waals surface area contributed by atoms with Crippen LogP contribution in [0.2, 0.25) is 5.02 Å². The predicted octanol–water partition coefficient (Wildman–Crippen LogP) is 7.00. The summed E-state index contributed by atoms with van der Waals surface area (Å²) in [5, 5.41) is 12.0. The summed E-state index contributed by atoms with van der Waals surface area (Å²) in [4.78, 5) is 12.4. The van der Waals surface area contributed by atoms with Gasteiger partial charge in [0.1, 0.15) is 11.8 Å². The molecule has 5 nitrogen and oxygen atoms in total. The van der Waals surface area contributed by atoms with Gasteiger partial charge in [0.2, 0.25) is 0 Å². The third kappa shape index (κ3) is 3.15. The maximum absolute atomic E-state index is 9.20. The summed E-state index contributed by atoms with van der Waals surface area (Å²) in [5.41, 5.74) is 7.66. The van der Waals surface area contributed by atoms with Gasteiger partial charge in [-0.3, -0.25) is 9.55 Å². The van der Waals surface area contributed by atoms with Crippen LogP contribution >= 0.6 is 11.6 Å². The van der Waals surface area contributed by atoms with Crippen molar-refractivity contribution < 1.29 is 0 Å². The Hall–Kier alpha value is -4.14.